The molecule has 3 aromatic carbocycles. The van der Waals surface area contributed by atoms with Crippen LogP contribution in [-0.4, -0.2) is 44.3 Å². The summed E-state index contributed by atoms with van der Waals surface area (Å²) < 4.78 is 42.1. The third-order valence-corrected chi connectivity index (χ3v) is 8.31. The number of benzene rings is 3. The second-order valence-corrected chi connectivity index (χ2v) is 11.6. The van der Waals surface area contributed by atoms with Gasteiger partial charge in [-0.2, -0.15) is 0 Å². The van der Waals surface area contributed by atoms with Gasteiger partial charge in [0.15, 0.2) is 0 Å². The van der Waals surface area contributed by atoms with Crippen molar-refractivity contribution >= 4 is 39.1 Å². The van der Waals surface area contributed by atoms with Gasteiger partial charge < -0.3 is 10.2 Å². The lowest BCUT2D eigenvalue weighted by Crippen LogP contribution is -2.51. The Balaban J connectivity index is 1.98. The summed E-state index contributed by atoms with van der Waals surface area (Å²) in [5.74, 6) is -1.48. The van der Waals surface area contributed by atoms with E-state index in [9.17, 15) is 22.4 Å². The molecule has 0 bridgehead atoms. The van der Waals surface area contributed by atoms with Crippen LogP contribution in [0.3, 0.4) is 0 Å². The van der Waals surface area contributed by atoms with Crippen LogP contribution in [0, 0.1) is 12.7 Å². The molecule has 0 spiro atoms. The molecule has 0 aliphatic heterocycles. The number of carbonyl (C=O) groups is 2. The molecular formula is C29H33ClFN3O4S. The fourth-order valence-corrected chi connectivity index (χ4v) is 5.42. The third kappa shape index (κ3) is 8.03. The molecule has 1 N–H and O–H groups in total. The van der Waals surface area contributed by atoms with E-state index in [-0.39, 0.29) is 23.0 Å². The molecule has 0 aromatic heterocycles. The van der Waals surface area contributed by atoms with Crippen LogP contribution in [-0.2, 0) is 26.2 Å². The molecular weight excluding hydrogens is 541 g/mol. The minimum atomic E-state index is -4.21. The second-order valence-electron chi connectivity index (χ2n) is 9.27. The average Bonchev–Trinajstić information content (AvgIpc) is 2.91. The molecule has 1 unspecified atom stereocenters. The highest BCUT2D eigenvalue weighted by atomic mass is 35.5. The number of anilines is 1. The van der Waals surface area contributed by atoms with Gasteiger partial charge in [0.25, 0.3) is 10.0 Å². The predicted octanol–water partition coefficient (Wildman–Crippen LogP) is 5.32. The van der Waals surface area contributed by atoms with Gasteiger partial charge >= 0.3 is 0 Å². The molecule has 0 fully saturated rings. The monoisotopic (exact) mass is 573 g/mol. The molecule has 3 aromatic rings. The molecule has 208 valence electrons. The van der Waals surface area contributed by atoms with Crippen LogP contribution in [0.2, 0.25) is 5.02 Å². The molecule has 7 nitrogen and oxygen atoms in total. The number of halogens is 2. The maximum Gasteiger partial charge on any atom is 0.264 e. The summed E-state index contributed by atoms with van der Waals surface area (Å²) in [5, 5.41) is 3.36. The number of amides is 2. The van der Waals surface area contributed by atoms with E-state index in [0.29, 0.717) is 11.6 Å². The highest BCUT2D eigenvalue weighted by molar-refractivity contribution is 7.92. The van der Waals surface area contributed by atoms with Crippen LogP contribution < -0.4 is 9.62 Å². The Bertz CT molecular complexity index is 1370. The second kappa shape index (κ2) is 13.6. The van der Waals surface area contributed by atoms with Crippen molar-refractivity contribution in [3.63, 3.8) is 0 Å². The van der Waals surface area contributed by atoms with Gasteiger partial charge in [-0.3, -0.25) is 13.9 Å². The number of carbonyl (C=O) groups excluding carboxylic acids is 2. The first-order valence-electron chi connectivity index (χ1n) is 12.7. The van der Waals surface area contributed by atoms with Gasteiger partial charge in [-0.25, -0.2) is 12.8 Å². The molecule has 2 amide bonds. The first-order chi connectivity index (χ1) is 18.5. The van der Waals surface area contributed by atoms with Crippen molar-refractivity contribution in [2.75, 3.05) is 17.4 Å². The van der Waals surface area contributed by atoms with Crippen molar-refractivity contribution in [3.05, 3.63) is 94.8 Å². The van der Waals surface area contributed by atoms with E-state index >= 15 is 0 Å². The molecule has 1 atom stereocenters. The van der Waals surface area contributed by atoms with Gasteiger partial charge in [0.1, 0.15) is 18.4 Å². The third-order valence-electron chi connectivity index (χ3n) is 6.27. The highest BCUT2D eigenvalue weighted by Crippen LogP contribution is 2.25. The maximum atomic E-state index is 13.8. The number of aryl methyl sites for hydroxylation is 1. The van der Waals surface area contributed by atoms with Crippen molar-refractivity contribution in [2.45, 2.75) is 51.1 Å². The zero-order valence-corrected chi connectivity index (χ0v) is 23.8. The van der Waals surface area contributed by atoms with Gasteiger partial charge in [-0.1, -0.05) is 54.8 Å². The lowest BCUT2D eigenvalue weighted by molar-refractivity contribution is -0.139. The first-order valence-corrected chi connectivity index (χ1v) is 14.5. The van der Waals surface area contributed by atoms with Crippen LogP contribution in [0.1, 0.15) is 37.8 Å². The van der Waals surface area contributed by atoms with Crippen LogP contribution in [0.25, 0.3) is 0 Å². The summed E-state index contributed by atoms with van der Waals surface area (Å²) in [4.78, 5) is 28.1. The maximum absolute atomic E-state index is 13.8. The molecule has 10 heteroatoms. The zero-order valence-electron chi connectivity index (χ0n) is 22.2. The van der Waals surface area contributed by atoms with E-state index in [0.717, 1.165) is 40.4 Å². The summed E-state index contributed by atoms with van der Waals surface area (Å²) in [6.07, 6.45) is 1.68. The van der Waals surface area contributed by atoms with E-state index < -0.39 is 34.3 Å². The smallest absolute Gasteiger partial charge is 0.264 e. The summed E-state index contributed by atoms with van der Waals surface area (Å²) in [6.45, 7) is 5.36. The highest BCUT2D eigenvalue weighted by Gasteiger charge is 2.32. The quantitative estimate of drug-likeness (QED) is 0.297. The van der Waals surface area contributed by atoms with Crippen molar-refractivity contribution in [2.24, 2.45) is 0 Å². The molecule has 0 aliphatic rings. The standard InChI is InChI=1S/C29H33ClFN3O4S/c1-4-5-18-32-29(36)22(3)33(19-23-8-10-24(30)11-9-23)28(35)20-34(26-14-12-25(31)13-15-26)39(37,38)27-16-6-21(2)7-17-27/h6-17,22H,4-5,18-20H2,1-3H3,(H,32,36). The molecule has 3 rings (SSSR count). The summed E-state index contributed by atoms with van der Waals surface area (Å²) in [6, 6.07) is 17.1. The van der Waals surface area contributed by atoms with Gasteiger partial charge in [0.05, 0.1) is 10.6 Å². The Hall–Kier alpha value is -3.43. The van der Waals surface area contributed by atoms with E-state index in [2.05, 4.69) is 5.32 Å². The Kier molecular flexibility index (Phi) is 10.5. The lowest BCUT2D eigenvalue weighted by Gasteiger charge is -2.32. The average molecular weight is 574 g/mol. The predicted molar refractivity (Wildman–Crippen MR) is 151 cm³/mol. The van der Waals surface area contributed by atoms with Gasteiger partial charge in [0, 0.05) is 18.1 Å². The topological polar surface area (TPSA) is 86.8 Å². The summed E-state index contributed by atoms with van der Waals surface area (Å²) in [5.41, 5.74) is 1.71. The van der Waals surface area contributed by atoms with E-state index in [1.54, 1.807) is 43.3 Å². The molecule has 0 aliphatic carbocycles. The van der Waals surface area contributed by atoms with Crippen LogP contribution in [0.4, 0.5) is 10.1 Å². The number of nitrogens with one attached hydrogen (secondary N) is 1. The van der Waals surface area contributed by atoms with Crippen molar-refractivity contribution in [3.8, 4) is 0 Å². The van der Waals surface area contributed by atoms with Crippen LogP contribution >= 0.6 is 11.6 Å². The van der Waals surface area contributed by atoms with Gasteiger partial charge in [0.2, 0.25) is 11.8 Å². The minimum Gasteiger partial charge on any atom is -0.354 e. The number of hydrogen-bond donors (Lipinski definition) is 1. The molecule has 0 radical (unpaired) electrons. The molecule has 0 saturated carbocycles. The van der Waals surface area contributed by atoms with Crippen LogP contribution in [0.5, 0.6) is 0 Å². The van der Waals surface area contributed by atoms with Crippen molar-refractivity contribution in [1.29, 1.82) is 0 Å². The van der Waals surface area contributed by atoms with Crippen molar-refractivity contribution in [1.82, 2.24) is 10.2 Å². The van der Waals surface area contributed by atoms with Gasteiger partial charge in [-0.15, -0.1) is 0 Å². The van der Waals surface area contributed by atoms with E-state index in [1.807, 2.05) is 13.8 Å². The Morgan fingerprint density at radius 3 is 2.18 bits per heavy atom. The number of nitrogens with zero attached hydrogens (tertiary/aromatic N) is 2. The normalized spacial score (nSPS) is 12.0. The number of sulfonamides is 1. The Labute approximate surface area is 234 Å². The SMILES string of the molecule is CCCCNC(=O)C(C)N(Cc1ccc(Cl)cc1)C(=O)CN(c1ccc(F)cc1)S(=O)(=O)c1ccc(C)cc1. The van der Waals surface area contributed by atoms with Crippen LogP contribution in [0.15, 0.2) is 77.7 Å². The number of unbranched alkanes of at least 4 members (excludes halogenated alkanes) is 1. The fourth-order valence-electron chi connectivity index (χ4n) is 3.88. The Morgan fingerprint density at radius 1 is 0.974 bits per heavy atom. The molecule has 0 heterocycles. The first kappa shape index (κ1) is 30.1. The fraction of sp³-hybridized carbons (Fsp3) is 0.310. The largest absolute Gasteiger partial charge is 0.354 e. The Morgan fingerprint density at radius 2 is 1.59 bits per heavy atom. The number of rotatable bonds is 12. The number of hydrogen-bond acceptors (Lipinski definition) is 4. The summed E-state index contributed by atoms with van der Waals surface area (Å²) in [7, 11) is -4.21. The summed E-state index contributed by atoms with van der Waals surface area (Å²) >= 11 is 6.02. The minimum absolute atomic E-state index is 0.0140. The van der Waals surface area contributed by atoms with Gasteiger partial charge in [-0.05, 0) is 74.4 Å². The van der Waals surface area contributed by atoms with E-state index in [4.69, 9.17) is 11.6 Å². The van der Waals surface area contributed by atoms with Crippen molar-refractivity contribution < 1.29 is 22.4 Å². The molecule has 0 saturated heterocycles. The lowest BCUT2D eigenvalue weighted by atomic mass is 10.1. The molecule has 39 heavy (non-hydrogen) atoms. The van der Waals surface area contributed by atoms with E-state index in [1.165, 1.54) is 29.2 Å². The zero-order chi connectivity index (χ0) is 28.6.